The van der Waals surface area contributed by atoms with Crippen molar-refractivity contribution >= 4 is 6.08 Å². The van der Waals surface area contributed by atoms with Crippen molar-refractivity contribution in [1.29, 1.82) is 0 Å². The molecule has 0 spiro atoms. The maximum atomic E-state index is 3.86. The van der Waals surface area contributed by atoms with E-state index < -0.39 is 0 Å². The Labute approximate surface area is 95.0 Å². The van der Waals surface area contributed by atoms with Crippen molar-refractivity contribution in [2.24, 2.45) is 0 Å². The smallest absolute Gasteiger partial charge is 0.0225 e. The van der Waals surface area contributed by atoms with Gasteiger partial charge in [0.2, 0.25) is 0 Å². The molecule has 1 aromatic carbocycles. The molecule has 0 heteroatoms. The molecule has 0 aliphatic carbocycles. The zero-order valence-electron chi connectivity index (χ0n) is 10.9. The summed E-state index contributed by atoms with van der Waals surface area (Å²) in [4.78, 5) is 0. The highest BCUT2D eigenvalue weighted by molar-refractivity contribution is 5.55. The van der Waals surface area contributed by atoms with Gasteiger partial charge in [0, 0.05) is 0 Å². The number of hydrogen-bond acceptors (Lipinski definition) is 0. The van der Waals surface area contributed by atoms with Gasteiger partial charge >= 0.3 is 0 Å². The molecule has 0 aromatic heterocycles. The van der Waals surface area contributed by atoms with E-state index in [1.807, 2.05) is 19.9 Å². The second-order valence-electron chi connectivity index (χ2n) is 3.60. The van der Waals surface area contributed by atoms with Crippen molar-refractivity contribution in [2.75, 3.05) is 0 Å². The molecule has 15 heavy (non-hydrogen) atoms. The SMILES string of the molecule is C=Cc1cc(C)cc(C)c1CCC.CC. The van der Waals surface area contributed by atoms with E-state index in [-0.39, 0.29) is 0 Å². The average molecular weight is 204 g/mol. The Morgan fingerprint density at radius 2 is 1.80 bits per heavy atom. The lowest BCUT2D eigenvalue weighted by Gasteiger charge is -2.10. The summed E-state index contributed by atoms with van der Waals surface area (Å²) >= 11 is 0. The van der Waals surface area contributed by atoms with Gasteiger partial charge in [-0.05, 0) is 37.0 Å². The summed E-state index contributed by atoms with van der Waals surface area (Å²) in [5.74, 6) is 0. The van der Waals surface area contributed by atoms with Gasteiger partial charge in [0.15, 0.2) is 0 Å². The lowest BCUT2D eigenvalue weighted by atomic mass is 9.96. The van der Waals surface area contributed by atoms with Crippen LogP contribution in [0.3, 0.4) is 0 Å². The lowest BCUT2D eigenvalue weighted by Crippen LogP contribution is -1.94. The molecule has 0 atom stereocenters. The maximum Gasteiger partial charge on any atom is -0.0225 e. The molecule has 0 aliphatic rings. The zero-order valence-corrected chi connectivity index (χ0v) is 10.9. The Balaban J connectivity index is 0.000000921. The summed E-state index contributed by atoms with van der Waals surface area (Å²) in [6.45, 7) is 14.4. The molecular weight excluding hydrogens is 180 g/mol. The monoisotopic (exact) mass is 204 g/mol. The summed E-state index contributed by atoms with van der Waals surface area (Å²) in [5, 5.41) is 0. The third kappa shape index (κ3) is 3.91. The van der Waals surface area contributed by atoms with Gasteiger partial charge in [-0.15, -0.1) is 0 Å². The van der Waals surface area contributed by atoms with Gasteiger partial charge in [0.25, 0.3) is 0 Å². The minimum Gasteiger partial charge on any atom is -0.0985 e. The van der Waals surface area contributed by atoms with Crippen LogP contribution in [0.1, 0.15) is 49.4 Å². The molecule has 0 bridgehead atoms. The van der Waals surface area contributed by atoms with Gasteiger partial charge in [-0.3, -0.25) is 0 Å². The van der Waals surface area contributed by atoms with E-state index in [9.17, 15) is 0 Å². The first-order chi connectivity index (χ1) is 7.19. The quantitative estimate of drug-likeness (QED) is 0.655. The largest absolute Gasteiger partial charge is 0.0985 e. The van der Waals surface area contributed by atoms with Crippen LogP contribution in [0.15, 0.2) is 18.7 Å². The third-order valence-corrected chi connectivity index (χ3v) is 2.37. The molecule has 0 radical (unpaired) electrons. The molecule has 1 rings (SSSR count). The number of aryl methyl sites for hydroxylation is 2. The summed E-state index contributed by atoms with van der Waals surface area (Å²) in [7, 11) is 0. The number of rotatable bonds is 3. The Kier molecular flexibility index (Phi) is 6.77. The minimum atomic E-state index is 1.16. The molecule has 1 aromatic rings. The normalized spacial score (nSPS) is 9.13. The lowest BCUT2D eigenvalue weighted by molar-refractivity contribution is 0.909. The van der Waals surface area contributed by atoms with Gasteiger partial charge in [0.05, 0.1) is 0 Å². The molecule has 84 valence electrons. The Morgan fingerprint density at radius 1 is 1.20 bits per heavy atom. The van der Waals surface area contributed by atoms with Crippen molar-refractivity contribution < 1.29 is 0 Å². The minimum absolute atomic E-state index is 1.16. The van der Waals surface area contributed by atoms with Crippen molar-refractivity contribution in [3.63, 3.8) is 0 Å². The molecular formula is C15H24. The predicted octanol–water partition coefficient (Wildman–Crippen LogP) is 4.93. The van der Waals surface area contributed by atoms with Crippen LogP contribution in [0.2, 0.25) is 0 Å². The van der Waals surface area contributed by atoms with E-state index in [4.69, 9.17) is 0 Å². The fourth-order valence-electron chi connectivity index (χ4n) is 1.80. The predicted molar refractivity (Wildman–Crippen MR) is 71.4 cm³/mol. The first kappa shape index (κ1) is 14.0. The zero-order chi connectivity index (χ0) is 11.8. The summed E-state index contributed by atoms with van der Waals surface area (Å²) in [6.07, 6.45) is 4.32. The fourth-order valence-corrected chi connectivity index (χ4v) is 1.80. The van der Waals surface area contributed by atoms with Gasteiger partial charge in [-0.25, -0.2) is 0 Å². The first-order valence-electron chi connectivity index (χ1n) is 5.91. The standard InChI is InChI=1S/C13H18.C2H6/c1-5-7-13-11(4)8-10(3)9-12(13)6-2;1-2/h6,8-9H,2,5,7H2,1,3-4H3;1-2H3. The average Bonchev–Trinajstić information content (AvgIpc) is 2.24. The van der Waals surface area contributed by atoms with Crippen LogP contribution in [0.5, 0.6) is 0 Å². The highest BCUT2D eigenvalue weighted by atomic mass is 14.1. The van der Waals surface area contributed by atoms with E-state index in [0.29, 0.717) is 0 Å². The van der Waals surface area contributed by atoms with Crippen molar-refractivity contribution in [3.05, 3.63) is 41.0 Å². The first-order valence-corrected chi connectivity index (χ1v) is 5.91. The van der Waals surface area contributed by atoms with Gasteiger partial charge in [-0.2, -0.15) is 0 Å². The van der Waals surface area contributed by atoms with Gasteiger partial charge in [-0.1, -0.05) is 57.5 Å². The van der Waals surface area contributed by atoms with E-state index in [0.717, 1.165) is 6.42 Å². The summed E-state index contributed by atoms with van der Waals surface area (Å²) in [5.41, 5.74) is 5.49. The highest BCUT2D eigenvalue weighted by Gasteiger charge is 2.02. The van der Waals surface area contributed by atoms with Crippen LogP contribution < -0.4 is 0 Å². The Bertz CT molecular complexity index is 308. The van der Waals surface area contributed by atoms with Crippen LogP contribution in [0.25, 0.3) is 6.08 Å². The van der Waals surface area contributed by atoms with Crippen LogP contribution >= 0.6 is 0 Å². The van der Waals surface area contributed by atoms with Gasteiger partial charge < -0.3 is 0 Å². The second kappa shape index (κ2) is 7.28. The molecule has 0 heterocycles. The van der Waals surface area contributed by atoms with Crippen LogP contribution in [-0.2, 0) is 6.42 Å². The van der Waals surface area contributed by atoms with E-state index >= 15 is 0 Å². The molecule has 0 nitrogen and oxygen atoms in total. The highest BCUT2D eigenvalue weighted by Crippen LogP contribution is 2.19. The summed E-state index contributed by atoms with van der Waals surface area (Å²) < 4.78 is 0. The molecule has 0 saturated heterocycles. The van der Waals surface area contributed by atoms with Crippen molar-refractivity contribution in [3.8, 4) is 0 Å². The molecule has 0 unspecified atom stereocenters. The Hall–Kier alpha value is -1.04. The van der Waals surface area contributed by atoms with Crippen LogP contribution in [-0.4, -0.2) is 0 Å². The fraction of sp³-hybridized carbons (Fsp3) is 0.467. The second-order valence-corrected chi connectivity index (χ2v) is 3.60. The summed E-state index contributed by atoms with van der Waals surface area (Å²) in [6, 6.07) is 4.46. The number of hydrogen-bond donors (Lipinski definition) is 0. The Morgan fingerprint density at radius 3 is 2.27 bits per heavy atom. The van der Waals surface area contributed by atoms with Gasteiger partial charge in [0.1, 0.15) is 0 Å². The maximum absolute atomic E-state index is 3.86. The topological polar surface area (TPSA) is 0 Å². The van der Waals surface area contributed by atoms with E-state index in [1.54, 1.807) is 0 Å². The van der Waals surface area contributed by atoms with Crippen molar-refractivity contribution in [2.45, 2.75) is 47.5 Å². The van der Waals surface area contributed by atoms with Crippen LogP contribution in [0, 0.1) is 13.8 Å². The van der Waals surface area contributed by atoms with Crippen molar-refractivity contribution in [1.82, 2.24) is 0 Å². The molecule has 0 saturated carbocycles. The molecule has 0 fully saturated rings. The van der Waals surface area contributed by atoms with Crippen LogP contribution in [0.4, 0.5) is 0 Å². The molecule has 0 aliphatic heterocycles. The molecule has 0 amide bonds. The molecule has 0 N–H and O–H groups in total. The van der Waals surface area contributed by atoms with E-state index in [2.05, 4.69) is 39.5 Å². The van der Waals surface area contributed by atoms with E-state index in [1.165, 1.54) is 28.7 Å². The number of benzene rings is 1. The third-order valence-electron chi connectivity index (χ3n) is 2.37.